The number of hydrogen-bond acceptors (Lipinski definition) is 4. The average molecular weight is 317 g/mol. The summed E-state index contributed by atoms with van der Waals surface area (Å²) in [7, 11) is 0. The van der Waals surface area contributed by atoms with E-state index in [1.165, 1.54) is 11.8 Å². The molecule has 4 nitrogen and oxygen atoms in total. The summed E-state index contributed by atoms with van der Waals surface area (Å²) in [5, 5.41) is 4.77. The highest BCUT2D eigenvalue weighted by atomic mass is 32.2. The van der Waals surface area contributed by atoms with Gasteiger partial charge in [-0.2, -0.15) is 0 Å². The van der Waals surface area contributed by atoms with Gasteiger partial charge in [-0.15, -0.1) is 0 Å². The first kappa shape index (κ1) is 16.7. The molecule has 2 aromatic rings. The van der Waals surface area contributed by atoms with E-state index in [0.29, 0.717) is 5.75 Å². The van der Waals surface area contributed by atoms with Gasteiger partial charge in [0.15, 0.2) is 0 Å². The third-order valence-corrected chi connectivity index (χ3v) is 4.14. The van der Waals surface area contributed by atoms with Crippen LogP contribution in [0.3, 0.4) is 0 Å². The molecule has 0 radical (unpaired) electrons. The van der Waals surface area contributed by atoms with Crippen molar-refractivity contribution in [1.82, 2.24) is 15.3 Å². The second-order valence-electron chi connectivity index (χ2n) is 6.26. The van der Waals surface area contributed by atoms with E-state index >= 15 is 0 Å². The standard InChI is InChI=1S/C17H23N3OS/c1-5-10-18-14(21)11-22-15-12-8-6-7-9-13(12)19-16(20-15)17(2,3)4/h6-9H,5,10-11H2,1-4H3,(H,18,21). The van der Waals surface area contributed by atoms with E-state index in [1.807, 2.05) is 31.2 Å². The smallest absolute Gasteiger partial charge is 0.230 e. The molecule has 0 unspecified atom stereocenters. The van der Waals surface area contributed by atoms with Crippen molar-refractivity contribution >= 4 is 28.6 Å². The van der Waals surface area contributed by atoms with Gasteiger partial charge in [0, 0.05) is 17.3 Å². The number of carbonyl (C=O) groups excluding carboxylic acids is 1. The van der Waals surface area contributed by atoms with E-state index in [0.717, 1.165) is 34.7 Å². The molecule has 1 heterocycles. The fourth-order valence-corrected chi connectivity index (χ4v) is 2.79. The van der Waals surface area contributed by atoms with Crippen LogP contribution < -0.4 is 5.32 Å². The third-order valence-electron chi connectivity index (χ3n) is 3.15. The van der Waals surface area contributed by atoms with Gasteiger partial charge in [0.2, 0.25) is 5.91 Å². The van der Waals surface area contributed by atoms with Crippen LogP contribution in [0.2, 0.25) is 0 Å². The summed E-state index contributed by atoms with van der Waals surface area (Å²) in [5.74, 6) is 1.24. The van der Waals surface area contributed by atoms with Gasteiger partial charge in [-0.25, -0.2) is 9.97 Å². The van der Waals surface area contributed by atoms with Crippen LogP contribution in [-0.2, 0) is 10.2 Å². The summed E-state index contributed by atoms with van der Waals surface area (Å²) in [6.07, 6.45) is 0.945. The van der Waals surface area contributed by atoms with Crippen LogP contribution in [-0.4, -0.2) is 28.2 Å². The molecule has 1 aromatic carbocycles. The van der Waals surface area contributed by atoms with Gasteiger partial charge >= 0.3 is 0 Å². The van der Waals surface area contributed by atoms with Crippen LogP contribution in [0, 0.1) is 0 Å². The first-order valence-electron chi connectivity index (χ1n) is 7.58. The van der Waals surface area contributed by atoms with E-state index in [9.17, 15) is 4.79 Å². The van der Waals surface area contributed by atoms with Crippen LogP contribution in [0.25, 0.3) is 10.9 Å². The van der Waals surface area contributed by atoms with E-state index in [1.54, 1.807) is 0 Å². The Hall–Kier alpha value is -1.62. The summed E-state index contributed by atoms with van der Waals surface area (Å²) >= 11 is 1.48. The van der Waals surface area contributed by atoms with Crippen molar-refractivity contribution in [3.63, 3.8) is 0 Å². The van der Waals surface area contributed by atoms with E-state index in [4.69, 9.17) is 4.98 Å². The molecule has 2 rings (SSSR count). The fraction of sp³-hybridized carbons (Fsp3) is 0.471. The van der Waals surface area contributed by atoms with E-state index in [2.05, 4.69) is 31.1 Å². The Morgan fingerprint density at radius 2 is 1.95 bits per heavy atom. The molecular formula is C17H23N3OS. The van der Waals surface area contributed by atoms with E-state index in [-0.39, 0.29) is 11.3 Å². The Morgan fingerprint density at radius 3 is 2.64 bits per heavy atom. The number of thioether (sulfide) groups is 1. The van der Waals surface area contributed by atoms with Crippen molar-refractivity contribution in [3.8, 4) is 0 Å². The molecule has 0 aliphatic heterocycles. The summed E-state index contributed by atoms with van der Waals surface area (Å²) in [6, 6.07) is 7.95. The molecular weight excluding hydrogens is 294 g/mol. The zero-order valence-electron chi connectivity index (χ0n) is 13.6. The second kappa shape index (κ2) is 7.09. The van der Waals surface area contributed by atoms with Crippen molar-refractivity contribution < 1.29 is 4.79 Å². The molecule has 0 atom stereocenters. The molecule has 1 amide bonds. The maximum absolute atomic E-state index is 11.8. The first-order valence-corrected chi connectivity index (χ1v) is 8.57. The number of aromatic nitrogens is 2. The van der Waals surface area contributed by atoms with Crippen molar-refractivity contribution in [2.75, 3.05) is 12.3 Å². The molecule has 22 heavy (non-hydrogen) atoms. The highest BCUT2D eigenvalue weighted by Gasteiger charge is 2.20. The Morgan fingerprint density at radius 1 is 1.23 bits per heavy atom. The predicted octanol–water partition coefficient (Wildman–Crippen LogP) is 3.55. The van der Waals surface area contributed by atoms with Gasteiger partial charge in [0.05, 0.1) is 11.3 Å². The molecule has 1 N–H and O–H groups in total. The number of carbonyl (C=O) groups is 1. The lowest BCUT2D eigenvalue weighted by Gasteiger charge is -2.18. The molecule has 1 aromatic heterocycles. The van der Waals surface area contributed by atoms with Gasteiger partial charge < -0.3 is 5.32 Å². The fourth-order valence-electron chi connectivity index (χ4n) is 1.94. The lowest BCUT2D eigenvalue weighted by Crippen LogP contribution is -2.25. The largest absolute Gasteiger partial charge is 0.355 e. The Labute approximate surface area is 136 Å². The SMILES string of the molecule is CCCNC(=O)CSc1nc(C(C)(C)C)nc2ccccc12. The minimum absolute atomic E-state index is 0.0480. The summed E-state index contributed by atoms with van der Waals surface area (Å²) in [6.45, 7) is 9.05. The molecule has 0 spiro atoms. The van der Waals surface area contributed by atoms with Crippen molar-refractivity contribution in [1.29, 1.82) is 0 Å². The number of nitrogens with zero attached hydrogens (tertiary/aromatic N) is 2. The lowest BCUT2D eigenvalue weighted by atomic mass is 9.95. The van der Waals surface area contributed by atoms with Gasteiger partial charge in [-0.1, -0.05) is 57.7 Å². The highest BCUT2D eigenvalue weighted by Crippen LogP contribution is 2.28. The number of nitrogens with one attached hydrogen (secondary N) is 1. The monoisotopic (exact) mass is 317 g/mol. The molecule has 0 aliphatic carbocycles. The Balaban J connectivity index is 2.29. The molecule has 5 heteroatoms. The van der Waals surface area contributed by atoms with Crippen LogP contribution in [0.5, 0.6) is 0 Å². The third kappa shape index (κ3) is 4.19. The zero-order chi connectivity index (χ0) is 16.2. The van der Waals surface area contributed by atoms with Gasteiger partial charge in [-0.3, -0.25) is 4.79 Å². The number of amides is 1. The molecule has 0 fully saturated rings. The van der Waals surface area contributed by atoms with Crippen LogP contribution in [0.1, 0.15) is 39.9 Å². The molecule has 0 bridgehead atoms. The number of rotatable bonds is 5. The Kier molecular flexibility index (Phi) is 5.40. The average Bonchev–Trinajstić information content (AvgIpc) is 2.49. The maximum atomic E-state index is 11.8. The molecule has 0 saturated carbocycles. The van der Waals surface area contributed by atoms with Crippen molar-refractivity contribution in [2.24, 2.45) is 0 Å². The summed E-state index contributed by atoms with van der Waals surface area (Å²) in [4.78, 5) is 21.2. The molecule has 0 saturated heterocycles. The number of benzene rings is 1. The van der Waals surface area contributed by atoms with Crippen molar-refractivity contribution in [3.05, 3.63) is 30.1 Å². The quantitative estimate of drug-likeness (QED) is 0.677. The number of para-hydroxylation sites is 1. The normalized spacial score (nSPS) is 11.6. The minimum atomic E-state index is -0.121. The van der Waals surface area contributed by atoms with Crippen molar-refractivity contribution in [2.45, 2.75) is 44.6 Å². The molecule has 118 valence electrons. The van der Waals surface area contributed by atoms with Crippen LogP contribution in [0.15, 0.2) is 29.3 Å². The summed E-state index contributed by atoms with van der Waals surface area (Å²) in [5.41, 5.74) is 0.808. The maximum Gasteiger partial charge on any atom is 0.230 e. The zero-order valence-corrected chi connectivity index (χ0v) is 14.5. The molecule has 0 aliphatic rings. The number of hydrogen-bond donors (Lipinski definition) is 1. The lowest BCUT2D eigenvalue weighted by molar-refractivity contribution is -0.118. The van der Waals surface area contributed by atoms with Gasteiger partial charge in [-0.05, 0) is 12.5 Å². The Bertz CT molecular complexity index is 664. The van der Waals surface area contributed by atoms with Crippen LogP contribution >= 0.6 is 11.8 Å². The topological polar surface area (TPSA) is 54.9 Å². The first-order chi connectivity index (χ1) is 10.4. The number of fused-ring (bicyclic) bond motifs is 1. The predicted molar refractivity (Wildman–Crippen MR) is 92.3 cm³/mol. The minimum Gasteiger partial charge on any atom is -0.355 e. The highest BCUT2D eigenvalue weighted by molar-refractivity contribution is 8.00. The van der Waals surface area contributed by atoms with Gasteiger partial charge in [0.1, 0.15) is 10.9 Å². The summed E-state index contributed by atoms with van der Waals surface area (Å²) < 4.78 is 0. The van der Waals surface area contributed by atoms with E-state index < -0.39 is 0 Å². The van der Waals surface area contributed by atoms with Gasteiger partial charge in [0.25, 0.3) is 0 Å². The second-order valence-corrected chi connectivity index (χ2v) is 7.22. The van der Waals surface area contributed by atoms with Crippen LogP contribution in [0.4, 0.5) is 0 Å².